The standard InChI is InChI=1S/C13H24N6O2/c1-10(2)11-12(19(20)21)13(17(3)16-11)15-6-9-18-7-4-14-5-8-18/h10,14-15H,4-9H2,1-3H3. The Morgan fingerprint density at radius 2 is 2.10 bits per heavy atom. The molecule has 0 atom stereocenters. The molecular formula is C13H24N6O2. The van der Waals surface area contributed by atoms with Gasteiger partial charge in [-0.25, -0.2) is 4.68 Å². The predicted molar refractivity (Wildman–Crippen MR) is 81.8 cm³/mol. The van der Waals surface area contributed by atoms with Gasteiger partial charge in [0.25, 0.3) is 0 Å². The van der Waals surface area contributed by atoms with Crippen molar-refractivity contribution >= 4 is 11.5 Å². The molecule has 8 nitrogen and oxygen atoms in total. The van der Waals surface area contributed by atoms with Crippen LogP contribution in [0, 0.1) is 10.1 Å². The van der Waals surface area contributed by atoms with Gasteiger partial charge in [-0.2, -0.15) is 5.10 Å². The molecule has 0 radical (unpaired) electrons. The first kappa shape index (κ1) is 15.7. The third-order valence-electron chi connectivity index (χ3n) is 3.71. The normalized spacial score (nSPS) is 16.4. The van der Waals surface area contributed by atoms with E-state index in [1.807, 2.05) is 13.8 Å². The lowest BCUT2D eigenvalue weighted by Crippen LogP contribution is -2.45. The van der Waals surface area contributed by atoms with Gasteiger partial charge in [-0.15, -0.1) is 0 Å². The molecule has 1 aliphatic heterocycles. The van der Waals surface area contributed by atoms with Crippen molar-refractivity contribution in [2.24, 2.45) is 7.05 Å². The second kappa shape index (κ2) is 6.86. The fraction of sp³-hybridized carbons (Fsp3) is 0.769. The monoisotopic (exact) mass is 296 g/mol. The first-order valence-electron chi connectivity index (χ1n) is 7.39. The second-order valence-corrected chi connectivity index (χ2v) is 5.64. The van der Waals surface area contributed by atoms with E-state index in [-0.39, 0.29) is 16.5 Å². The molecule has 0 aliphatic carbocycles. The molecule has 1 aromatic rings. The first-order chi connectivity index (χ1) is 10.0. The maximum atomic E-state index is 11.3. The topological polar surface area (TPSA) is 88.3 Å². The zero-order chi connectivity index (χ0) is 15.4. The summed E-state index contributed by atoms with van der Waals surface area (Å²) in [7, 11) is 1.74. The van der Waals surface area contributed by atoms with Gasteiger partial charge in [0.05, 0.1) is 4.92 Å². The van der Waals surface area contributed by atoms with E-state index in [2.05, 4.69) is 20.6 Å². The minimum Gasteiger partial charge on any atom is -0.363 e. The number of piperazine rings is 1. The van der Waals surface area contributed by atoms with Crippen LogP contribution in [0.2, 0.25) is 0 Å². The Bertz CT molecular complexity index is 493. The number of anilines is 1. The van der Waals surface area contributed by atoms with E-state index in [1.54, 1.807) is 11.7 Å². The summed E-state index contributed by atoms with van der Waals surface area (Å²) in [6, 6.07) is 0. The van der Waals surface area contributed by atoms with Gasteiger partial charge in [-0.1, -0.05) is 13.8 Å². The van der Waals surface area contributed by atoms with E-state index in [0.717, 1.165) is 32.7 Å². The number of nitro groups is 1. The molecule has 118 valence electrons. The van der Waals surface area contributed by atoms with Crippen molar-refractivity contribution in [1.82, 2.24) is 20.0 Å². The van der Waals surface area contributed by atoms with Crippen LogP contribution in [0.5, 0.6) is 0 Å². The van der Waals surface area contributed by atoms with E-state index >= 15 is 0 Å². The molecule has 2 heterocycles. The zero-order valence-electron chi connectivity index (χ0n) is 12.9. The minimum atomic E-state index is -0.338. The molecule has 2 N–H and O–H groups in total. The fourth-order valence-corrected chi connectivity index (χ4v) is 2.57. The molecule has 0 aromatic carbocycles. The Hall–Kier alpha value is -1.67. The Balaban J connectivity index is 2.03. The molecule has 1 aromatic heterocycles. The maximum Gasteiger partial charge on any atom is 0.334 e. The minimum absolute atomic E-state index is 0.0281. The summed E-state index contributed by atoms with van der Waals surface area (Å²) < 4.78 is 1.57. The molecule has 2 rings (SSSR count). The van der Waals surface area contributed by atoms with Crippen LogP contribution < -0.4 is 10.6 Å². The van der Waals surface area contributed by atoms with Crippen molar-refractivity contribution in [3.8, 4) is 0 Å². The number of nitrogens with one attached hydrogen (secondary N) is 2. The van der Waals surface area contributed by atoms with Gasteiger partial charge in [-0.3, -0.25) is 15.0 Å². The van der Waals surface area contributed by atoms with Crippen LogP contribution in [0.4, 0.5) is 11.5 Å². The van der Waals surface area contributed by atoms with Crippen molar-refractivity contribution in [3.05, 3.63) is 15.8 Å². The number of aromatic nitrogens is 2. The maximum absolute atomic E-state index is 11.3. The third-order valence-corrected chi connectivity index (χ3v) is 3.71. The smallest absolute Gasteiger partial charge is 0.334 e. The van der Waals surface area contributed by atoms with E-state index in [1.165, 1.54) is 0 Å². The highest BCUT2D eigenvalue weighted by molar-refractivity contribution is 5.60. The molecule has 1 aliphatic rings. The third kappa shape index (κ3) is 3.70. The molecule has 8 heteroatoms. The van der Waals surface area contributed by atoms with Crippen LogP contribution in [0.25, 0.3) is 0 Å². The number of aryl methyl sites for hydroxylation is 1. The van der Waals surface area contributed by atoms with Gasteiger partial charge in [0.1, 0.15) is 5.69 Å². The molecule has 0 spiro atoms. The molecule has 0 bridgehead atoms. The Morgan fingerprint density at radius 1 is 1.43 bits per heavy atom. The summed E-state index contributed by atoms with van der Waals surface area (Å²) in [4.78, 5) is 13.3. The first-order valence-corrected chi connectivity index (χ1v) is 7.39. The second-order valence-electron chi connectivity index (χ2n) is 5.64. The molecule has 0 unspecified atom stereocenters. The lowest BCUT2D eigenvalue weighted by atomic mass is 10.1. The van der Waals surface area contributed by atoms with Crippen molar-refractivity contribution in [3.63, 3.8) is 0 Å². The van der Waals surface area contributed by atoms with Crippen LogP contribution in [-0.2, 0) is 7.05 Å². The molecule has 1 saturated heterocycles. The molecule has 0 amide bonds. The summed E-state index contributed by atoms with van der Waals surface area (Å²) in [5, 5.41) is 22.1. The van der Waals surface area contributed by atoms with E-state index < -0.39 is 0 Å². The predicted octanol–water partition coefficient (Wildman–Crippen LogP) is 0.769. The van der Waals surface area contributed by atoms with Crippen molar-refractivity contribution in [1.29, 1.82) is 0 Å². The average Bonchev–Trinajstić information content (AvgIpc) is 2.78. The number of rotatable bonds is 6. The van der Waals surface area contributed by atoms with E-state index in [4.69, 9.17) is 0 Å². The summed E-state index contributed by atoms with van der Waals surface area (Å²) >= 11 is 0. The molecule has 1 fully saturated rings. The van der Waals surface area contributed by atoms with E-state index in [0.29, 0.717) is 18.1 Å². The number of hydrogen-bond donors (Lipinski definition) is 2. The van der Waals surface area contributed by atoms with Crippen LogP contribution >= 0.6 is 0 Å². The van der Waals surface area contributed by atoms with E-state index in [9.17, 15) is 10.1 Å². The zero-order valence-corrected chi connectivity index (χ0v) is 12.9. The van der Waals surface area contributed by atoms with Crippen LogP contribution in [0.3, 0.4) is 0 Å². The van der Waals surface area contributed by atoms with Crippen molar-refractivity contribution in [2.45, 2.75) is 19.8 Å². The average molecular weight is 296 g/mol. The fourth-order valence-electron chi connectivity index (χ4n) is 2.57. The lowest BCUT2D eigenvalue weighted by molar-refractivity contribution is -0.384. The number of nitrogens with zero attached hydrogens (tertiary/aromatic N) is 4. The van der Waals surface area contributed by atoms with Crippen molar-refractivity contribution in [2.75, 3.05) is 44.6 Å². The lowest BCUT2D eigenvalue weighted by Gasteiger charge is -2.27. The Morgan fingerprint density at radius 3 is 2.67 bits per heavy atom. The van der Waals surface area contributed by atoms with Crippen LogP contribution in [-0.4, -0.2) is 58.9 Å². The SMILES string of the molecule is CC(C)c1nn(C)c(NCCN2CCNCC2)c1[N+](=O)[O-]. The van der Waals surface area contributed by atoms with Gasteiger partial charge in [0, 0.05) is 52.2 Å². The van der Waals surface area contributed by atoms with Gasteiger partial charge in [-0.05, 0) is 0 Å². The van der Waals surface area contributed by atoms with Crippen molar-refractivity contribution < 1.29 is 4.92 Å². The summed E-state index contributed by atoms with van der Waals surface area (Å²) in [6.07, 6.45) is 0. The Labute approximate surface area is 124 Å². The van der Waals surface area contributed by atoms with Gasteiger partial charge in [0.2, 0.25) is 5.82 Å². The molecule has 0 saturated carbocycles. The quantitative estimate of drug-likeness (QED) is 0.595. The summed E-state index contributed by atoms with van der Waals surface area (Å²) in [5.41, 5.74) is 0.639. The Kier molecular flexibility index (Phi) is 5.13. The highest BCUT2D eigenvalue weighted by atomic mass is 16.6. The van der Waals surface area contributed by atoms with Gasteiger partial charge >= 0.3 is 5.69 Å². The van der Waals surface area contributed by atoms with Gasteiger partial charge < -0.3 is 10.6 Å². The summed E-state index contributed by atoms with van der Waals surface area (Å²) in [6.45, 7) is 9.43. The highest BCUT2D eigenvalue weighted by Gasteiger charge is 2.28. The number of hydrogen-bond acceptors (Lipinski definition) is 6. The van der Waals surface area contributed by atoms with Crippen LogP contribution in [0.1, 0.15) is 25.5 Å². The molecular weight excluding hydrogens is 272 g/mol. The largest absolute Gasteiger partial charge is 0.363 e. The van der Waals surface area contributed by atoms with Gasteiger partial charge in [0.15, 0.2) is 0 Å². The van der Waals surface area contributed by atoms with Crippen LogP contribution in [0.15, 0.2) is 0 Å². The molecule has 21 heavy (non-hydrogen) atoms. The highest BCUT2D eigenvalue weighted by Crippen LogP contribution is 2.32. The summed E-state index contributed by atoms with van der Waals surface area (Å²) in [5.74, 6) is 0.527.